The Labute approximate surface area is 212 Å². The number of fused-ring (bicyclic) bond motifs is 3. The molecule has 0 spiro atoms. The minimum atomic E-state index is -4.50. The third-order valence-corrected chi connectivity index (χ3v) is 7.14. The molecule has 1 amide bonds. The van der Waals surface area contributed by atoms with Gasteiger partial charge in [-0.1, -0.05) is 12.1 Å². The molecule has 0 radical (unpaired) electrons. The summed E-state index contributed by atoms with van der Waals surface area (Å²) in [6, 6.07) is 10.4. The van der Waals surface area contributed by atoms with E-state index in [2.05, 4.69) is 9.97 Å². The van der Waals surface area contributed by atoms with Crippen LogP contribution in [0.15, 0.2) is 48.8 Å². The highest BCUT2D eigenvalue weighted by Crippen LogP contribution is 2.35. The largest absolute Gasteiger partial charge is 0.482 e. The lowest BCUT2D eigenvalue weighted by Gasteiger charge is -2.28. The van der Waals surface area contributed by atoms with Crippen LogP contribution in [0.25, 0.3) is 11.0 Å². The summed E-state index contributed by atoms with van der Waals surface area (Å²) in [7, 11) is 0. The monoisotopic (exact) mass is 530 g/mol. The lowest BCUT2D eigenvalue weighted by Crippen LogP contribution is -2.37. The molecular weight excluding hydrogens is 509 g/mol. The molecule has 0 unspecified atom stereocenters. The summed E-state index contributed by atoms with van der Waals surface area (Å²) in [5.74, 6) is -0.769. The van der Waals surface area contributed by atoms with Crippen LogP contribution in [0.5, 0.6) is 5.75 Å². The summed E-state index contributed by atoms with van der Waals surface area (Å²) in [6.07, 6.45) is -0.857. The zero-order valence-corrected chi connectivity index (χ0v) is 20.2. The molecule has 0 aliphatic carbocycles. The Morgan fingerprint density at radius 1 is 1.14 bits per heavy atom. The molecule has 8 nitrogen and oxygen atoms in total. The fraction of sp³-hybridized carbons (Fsp3) is 0.280. The summed E-state index contributed by atoms with van der Waals surface area (Å²) in [5, 5.41) is 8.76. The Balaban J connectivity index is 1.36. The molecule has 192 valence electrons. The zero-order valence-electron chi connectivity index (χ0n) is 19.4. The van der Waals surface area contributed by atoms with E-state index < -0.39 is 23.8 Å². The third-order valence-electron chi connectivity index (χ3n) is 6.12. The maximum atomic E-state index is 13.1. The number of halogens is 3. The quantitative estimate of drug-likeness (QED) is 0.386. The molecule has 1 aromatic carbocycles. The highest BCUT2D eigenvalue weighted by Gasteiger charge is 2.35. The lowest BCUT2D eigenvalue weighted by molar-refractivity contribution is -0.139. The number of aromatic nitrogens is 3. The number of carbonyl (C=O) groups is 2. The molecule has 1 aliphatic heterocycles. The van der Waals surface area contributed by atoms with Gasteiger partial charge in [0.1, 0.15) is 11.4 Å². The summed E-state index contributed by atoms with van der Waals surface area (Å²) in [4.78, 5) is 34.0. The number of nitrogens with zero attached hydrogens (tertiary/aromatic N) is 4. The number of alkyl halides is 3. The Kier molecular flexibility index (Phi) is 6.59. The number of rotatable bonds is 7. The second-order valence-corrected chi connectivity index (χ2v) is 9.70. The van der Waals surface area contributed by atoms with Crippen molar-refractivity contribution >= 4 is 34.2 Å². The standard InChI is InChI=1S/C25H21F3N4O4S/c26-25(27,28)24-30-11-17(37-24)12-32-20-13-31(9-7-18(20)19-2-1-8-29-23(19)32)21(33)10-15-3-5-16(6-4-15)36-14-22(34)35/h1-6,8,11H,7,9-10,12-14H2,(H,34,35). The molecule has 12 heteroatoms. The van der Waals surface area contributed by atoms with Gasteiger partial charge in [0.25, 0.3) is 0 Å². The van der Waals surface area contributed by atoms with E-state index in [-0.39, 0.29) is 18.9 Å². The number of ether oxygens (including phenoxy) is 1. The van der Waals surface area contributed by atoms with Gasteiger partial charge in [-0.15, -0.1) is 11.3 Å². The second kappa shape index (κ2) is 9.85. The Morgan fingerprint density at radius 2 is 1.92 bits per heavy atom. The van der Waals surface area contributed by atoms with Crippen LogP contribution >= 0.6 is 11.3 Å². The van der Waals surface area contributed by atoms with Crippen molar-refractivity contribution in [3.05, 3.63) is 75.5 Å². The van der Waals surface area contributed by atoms with Crippen molar-refractivity contribution in [1.29, 1.82) is 0 Å². The van der Waals surface area contributed by atoms with Crippen molar-refractivity contribution < 1.29 is 32.6 Å². The number of pyridine rings is 1. The van der Waals surface area contributed by atoms with E-state index in [0.717, 1.165) is 22.2 Å². The first-order valence-corrected chi connectivity index (χ1v) is 12.2. The van der Waals surface area contributed by atoms with Crippen LogP contribution in [0.4, 0.5) is 13.2 Å². The van der Waals surface area contributed by atoms with E-state index in [1.807, 2.05) is 16.7 Å². The fourth-order valence-corrected chi connectivity index (χ4v) is 5.21. The summed E-state index contributed by atoms with van der Waals surface area (Å²) in [6.45, 7) is 0.556. The average Bonchev–Trinajstić information content (AvgIpc) is 3.47. The van der Waals surface area contributed by atoms with E-state index in [0.29, 0.717) is 47.1 Å². The number of benzene rings is 1. The topological polar surface area (TPSA) is 97.6 Å². The number of aliphatic carboxylic acids is 1. The van der Waals surface area contributed by atoms with Crippen molar-refractivity contribution in [2.75, 3.05) is 13.2 Å². The van der Waals surface area contributed by atoms with Crippen LogP contribution in [0.3, 0.4) is 0 Å². The molecule has 3 aromatic heterocycles. The third kappa shape index (κ3) is 5.29. The molecule has 4 heterocycles. The summed E-state index contributed by atoms with van der Waals surface area (Å²) >= 11 is 0.604. The maximum absolute atomic E-state index is 13.1. The molecule has 0 bridgehead atoms. The van der Waals surface area contributed by atoms with Crippen molar-refractivity contribution in [3.8, 4) is 5.75 Å². The van der Waals surface area contributed by atoms with Crippen LogP contribution in [0.1, 0.15) is 26.7 Å². The molecule has 0 atom stereocenters. The fourth-order valence-electron chi connectivity index (χ4n) is 4.45. The van der Waals surface area contributed by atoms with Crippen molar-refractivity contribution in [2.24, 2.45) is 0 Å². The number of carboxylic acids is 1. The number of hydrogen-bond donors (Lipinski definition) is 1. The molecule has 0 saturated carbocycles. The molecule has 0 saturated heterocycles. The van der Waals surface area contributed by atoms with Gasteiger partial charge in [-0.2, -0.15) is 13.2 Å². The summed E-state index contributed by atoms with van der Waals surface area (Å²) in [5.41, 5.74) is 3.33. The normalized spacial score (nSPS) is 13.5. The molecular formula is C25H21F3N4O4S. The van der Waals surface area contributed by atoms with Crippen LogP contribution < -0.4 is 4.74 Å². The zero-order chi connectivity index (χ0) is 26.2. The van der Waals surface area contributed by atoms with Gasteiger partial charge in [0.15, 0.2) is 11.6 Å². The van der Waals surface area contributed by atoms with Gasteiger partial charge >= 0.3 is 12.1 Å². The van der Waals surface area contributed by atoms with Crippen LogP contribution in [0, 0.1) is 0 Å². The Hall–Kier alpha value is -3.93. The maximum Gasteiger partial charge on any atom is 0.443 e. The van der Waals surface area contributed by atoms with Gasteiger partial charge < -0.3 is 19.3 Å². The van der Waals surface area contributed by atoms with E-state index >= 15 is 0 Å². The van der Waals surface area contributed by atoms with E-state index in [4.69, 9.17) is 9.84 Å². The molecule has 4 aromatic rings. The highest BCUT2D eigenvalue weighted by atomic mass is 32.1. The van der Waals surface area contributed by atoms with Gasteiger partial charge in [-0.3, -0.25) is 4.79 Å². The van der Waals surface area contributed by atoms with Gasteiger partial charge in [0.05, 0.1) is 19.5 Å². The number of hydrogen-bond acceptors (Lipinski definition) is 6. The van der Waals surface area contributed by atoms with Crippen molar-refractivity contribution in [3.63, 3.8) is 0 Å². The van der Waals surface area contributed by atoms with Crippen LogP contribution in [0.2, 0.25) is 0 Å². The first-order valence-electron chi connectivity index (χ1n) is 11.4. The second-order valence-electron chi connectivity index (χ2n) is 8.58. The van der Waals surface area contributed by atoms with Crippen molar-refractivity contribution in [1.82, 2.24) is 19.4 Å². The Morgan fingerprint density at radius 3 is 2.62 bits per heavy atom. The minimum Gasteiger partial charge on any atom is -0.482 e. The van der Waals surface area contributed by atoms with E-state index in [1.165, 1.54) is 6.20 Å². The van der Waals surface area contributed by atoms with Crippen LogP contribution in [-0.2, 0) is 41.7 Å². The average molecular weight is 531 g/mol. The molecule has 37 heavy (non-hydrogen) atoms. The van der Waals surface area contributed by atoms with Crippen molar-refractivity contribution in [2.45, 2.75) is 32.1 Å². The minimum absolute atomic E-state index is 0.0910. The Bertz CT molecular complexity index is 1460. The summed E-state index contributed by atoms with van der Waals surface area (Å²) < 4.78 is 46.2. The van der Waals surface area contributed by atoms with E-state index in [1.54, 1.807) is 35.4 Å². The predicted molar refractivity (Wildman–Crippen MR) is 128 cm³/mol. The number of thiazole rings is 1. The highest BCUT2D eigenvalue weighted by molar-refractivity contribution is 7.11. The number of carboxylic acid groups (broad SMARTS) is 1. The molecule has 1 N–H and O–H groups in total. The smallest absolute Gasteiger partial charge is 0.443 e. The van der Waals surface area contributed by atoms with Gasteiger partial charge in [-0.25, -0.2) is 14.8 Å². The molecule has 0 fully saturated rings. The molecule has 5 rings (SSSR count). The van der Waals surface area contributed by atoms with Gasteiger partial charge in [0.2, 0.25) is 5.91 Å². The van der Waals surface area contributed by atoms with E-state index in [9.17, 15) is 22.8 Å². The van der Waals surface area contributed by atoms with Crippen LogP contribution in [-0.4, -0.2) is 49.6 Å². The number of amides is 1. The SMILES string of the molecule is O=C(O)COc1ccc(CC(=O)N2CCc3c(n(Cc4cnc(C(F)(F)F)s4)c4ncccc34)C2)cc1. The predicted octanol–water partition coefficient (Wildman–Crippen LogP) is 4.15. The van der Waals surface area contributed by atoms with Gasteiger partial charge in [-0.05, 0) is 41.8 Å². The first-order chi connectivity index (χ1) is 17.7. The first kappa shape index (κ1) is 24.8. The molecule has 1 aliphatic rings. The number of carbonyl (C=O) groups excluding carboxylic acids is 1. The lowest BCUT2D eigenvalue weighted by atomic mass is 10.0. The van der Waals surface area contributed by atoms with Gasteiger partial charge in [0, 0.05) is 34.9 Å².